The van der Waals surface area contributed by atoms with E-state index in [4.69, 9.17) is 30.2 Å². The van der Waals surface area contributed by atoms with Crippen molar-refractivity contribution in [2.24, 2.45) is 0 Å². The van der Waals surface area contributed by atoms with E-state index in [1.54, 1.807) is 27.7 Å². The largest absolute Gasteiger partial charge is 0.495 e. The Morgan fingerprint density at radius 1 is 0.656 bits per heavy atom. The lowest BCUT2D eigenvalue weighted by Gasteiger charge is -2.32. The molecule has 0 amide bonds. The molecule has 0 N–H and O–H groups in total. The maximum absolute atomic E-state index is 9.32. The summed E-state index contributed by atoms with van der Waals surface area (Å²) in [7, 11) is -1.35. The van der Waals surface area contributed by atoms with E-state index in [-0.39, 0.29) is 38.2 Å². The normalized spacial score (nSPS) is 23.2. The maximum Gasteiger partial charge on any atom is 0.495 e. The van der Waals surface area contributed by atoms with Gasteiger partial charge in [-0.05, 0) is 79.2 Å². The molecule has 1 aliphatic heterocycles. The molecule has 0 atom stereocenters. The van der Waals surface area contributed by atoms with Crippen LogP contribution >= 0.6 is 0 Å². The van der Waals surface area contributed by atoms with Crippen LogP contribution < -0.4 is 5.46 Å². The second-order valence-electron chi connectivity index (χ2n) is 8.64. The Kier molecular flexibility index (Phi) is 2.15. The molecule has 5 aromatic rings. The Morgan fingerprint density at radius 2 is 1.31 bits per heavy atom. The van der Waals surface area contributed by atoms with Crippen molar-refractivity contribution in [1.82, 2.24) is 0 Å². The number of benzene rings is 4. The minimum atomic E-state index is -1.35. The lowest BCUT2D eigenvalue weighted by atomic mass is 9.74. The summed E-state index contributed by atoms with van der Waals surface area (Å²) in [6.07, 6.45) is 0. The third-order valence-electron chi connectivity index (χ3n) is 6.09. The van der Waals surface area contributed by atoms with Crippen molar-refractivity contribution in [3.05, 3.63) is 78.6 Å². The highest BCUT2D eigenvalue weighted by molar-refractivity contribution is 6.65. The summed E-state index contributed by atoms with van der Waals surface area (Å²) in [5, 5.41) is -0.873. The van der Waals surface area contributed by atoms with E-state index in [1.807, 2.05) is 0 Å². The zero-order valence-electron chi connectivity index (χ0n) is 30.8. The number of hydrogen-bond acceptors (Lipinski definition) is 3. The molecule has 3 nitrogen and oxygen atoms in total. The topological polar surface area (TPSA) is 31.6 Å². The SMILES string of the molecule is [2H]c1c([2H])c([2H])c2c(oc3c([2H])c(-c4c([2H])c(B5OC(C)(C)C(C)(C)O5)c5c([2H])c([2H])c([2H])c([2H])c5c4[2H])c([2H])c([2H])c32)c1[2H]. The van der Waals surface area contributed by atoms with Gasteiger partial charge in [0.2, 0.25) is 0 Å². The molecule has 6 rings (SSSR count). The van der Waals surface area contributed by atoms with E-state index in [0.717, 1.165) is 0 Å². The Balaban J connectivity index is 1.81. The Morgan fingerprint density at radius 3 is 2.09 bits per heavy atom. The average Bonchev–Trinajstić information content (AvgIpc) is 3.47. The van der Waals surface area contributed by atoms with E-state index in [1.165, 1.54) is 0 Å². The minimum Gasteiger partial charge on any atom is -0.456 e. The highest BCUT2D eigenvalue weighted by Gasteiger charge is 2.52. The summed E-state index contributed by atoms with van der Waals surface area (Å²) in [5.41, 5.74) is -3.52. The number of hydrogen-bond donors (Lipinski definition) is 0. The van der Waals surface area contributed by atoms with Crippen molar-refractivity contribution in [3.63, 3.8) is 0 Å². The van der Waals surface area contributed by atoms with Gasteiger partial charge in [-0.25, -0.2) is 0 Å². The van der Waals surface area contributed by atoms with Crippen LogP contribution in [-0.4, -0.2) is 18.3 Å². The highest BCUT2D eigenvalue weighted by Crippen LogP contribution is 2.38. The van der Waals surface area contributed by atoms with Gasteiger partial charge in [0.1, 0.15) is 11.2 Å². The summed E-state index contributed by atoms with van der Waals surface area (Å²) < 4.78 is 130. The quantitative estimate of drug-likeness (QED) is 0.290. The van der Waals surface area contributed by atoms with Crippen LogP contribution in [0.25, 0.3) is 43.8 Å². The molecule has 32 heavy (non-hydrogen) atoms. The molecule has 4 heteroatoms. The van der Waals surface area contributed by atoms with Crippen LogP contribution in [0.3, 0.4) is 0 Å². The molecule has 0 radical (unpaired) electrons. The van der Waals surface area contributed by atoms with Gasteiger partial charge in [-0.3, -0.25) is 0 Å². The van der Waals surface area contributed by atoms with E-state index < -0.39 is 108 Å². The number of rotatable bonds is 2. The predicted molar refractivity (Wildman–Crippen MR) is 132 cm³/mol. The Labute approximate surface area is 206 Å². The Bertz CT molecular complexity index is 2160. The molecule has 1 fully saturated rings. The van der Waals surface area contributed by atoms with Gasteiger partial charge in [0.05, 0.1) is 29.0 Å². The van der Waals surface area contributed by atoms with Gasteiger partial charge in [0.25, 0.3) is 0 Å². The summed E-state index contributed by atoms with van der Waals surface area (Å²) in [4.78, 5) is 0. The second kappa shape index (κ2) is 6.71. The van der Waals surface area contributed by atoms with Gasteiger partial charge in [0, 0.05) is 10.8 Å². The molecular weight excluding hydrogens is 395 g/mol. The van der Waals surface area contributed by atoms with Crippen molar-refractivity contribution >= 4 is 45.3 Å². The number of para-hydroxylation sites is 1. The van der Waals surface area contributed by atoms with Crippen molar-refractivity contribution in [1.29, 1.82) is 0 Å². The van der Waals surface area contributed by atoms with Crippen molar-refractivity contribution in [2.75, 3.05) is 0 Å². The van der Waals surface area contributed by atoms with Crippen molar-refractivity contribution in [3.8, 4) is 11.1 Å². The van der Waals surface area contributed by atoms with Crippen LogP contribution in [0.4, 0.5) is 0 Å². The van der Waals surface area contributed by atoms with Crippen LogP contribution in [-0.2, 0) is 9.31 Å². The molecule has 1 aromatic heterocycles. The zero-order chi connectivity index (χ0) is 33.4. The summed E-state index contributed by atoms with van der Waals surface area (Å²) in [5.74, 6) is 0. The first-order valence-electron chi connectivity index (χ1n) is 16.6. The minimum absolute atomic E-state index is 0.142. The van der Waals surface area contributed by atoms with Crippen LogP contribution in [0.15, 0.2) is 83.0 Å². The van der Waals surface area contributed by atoms with E-state index in [2.05, 4.69) is 0 Å². The van der Waals surface area contributed by atoms with E-state index >= 15 is 0 Å². The third kappa shape index (κ3) is 2.91. The van der Waals surface area contributed by atoms with Crippen LogP contribution in [0, 0.1) is 0 Å². The lowest BCUT2D eigenvalue weighted by molar-refractivity contribution is 0.00578. The summed E-state index contributed by atoms with van der Waals surface area (Å²) in [6, 6.07) is -7.51. The van der Waals surface area contributed by atoms with Crippen molar-refractivity contribution < 1.29 is 31.5 Å². The first-order chi connectivity index (χ1) is 20.8. The van der Waals surface area contributed by atoms with Gasteiger partial charge in [-0.1, -0.05) is 54.4 Å². The smallest absolute Gasteiger partial charge is 0.456 e. The van der Waals surface area contributed by atoms with Gasteiger partial charge in [0.15, 0.2) is 0 Å². The summed E-state index contributed by atoms with van der Waals surface area (Å²) >= 11 is 0. The second-order valence-corrected chi connectivity index (χ2v) is 8.64. The monoisotopic (exact) mass is 433 g/mol. The van der Waals surface area contributed by atoms with Crippen LogP contribution in [0.1, 0.15) is 45.5 Å². The molecule has 4 aromatic carbocycles. The van der Waals surface area contributed by atoms with Gasteiger partial charge >= 0.3 is 7.12 Å². The van der Waals surface area contributed by atoms with Crippen LogP contribution in [0.2, 0.25) is 0 Å². The molecular formula is C28H25BO3. The van der Waals surface area contributed by atoms with Crippen LogP contribution in [0.5, 0.6) is 0 Å². The molecule has 2 heterocycles. The molecule has 0 bridgehead atoms. The molecule has 1 aliphatic rings. The summed E-state index contributed by atoms with van der Waals surface area (Å²) in [6.45, 7) is 7.02. The molecule has 0 aliphatic carbocycles. The van der Waals surface area contributed by atoms with E-state index in [9.17, 15) is 1.37 Å². The number of fused-ring (bicyclic) bond motifs is 4. The molecule has 1 saturated heterocycles. The van der Waals surface area contributed by atoms with Gasteiger partial charge < -0.3 is 13.7 Å². The van der Waals surface area contributed by atoms with Crippen molar-refractivity contribution in [2.45, 2.75) is 38.9 Å². The first kappa shape index (κ1) is 10.2. The highest BCUT2D eigenvalue weighted by atomic mass is 16.7. The Hall–Kier alpha value is -3.08. The fourth-order valence-electron chi connectivity index (χ4n) is 3.65. The number of furan rings is 1. The lowest BCUT2D eigenvalue weighted by Crippen LogP contribution is -2.41. The third-order valence-corrected chi connectivity index (χ3v) is 6.09. The molecule has 0 spiro atoms. The fraction of sp³-hybridized carbons (Fsp3) is 0.214. The maximum atomic E-state index is 9.32. The first-order valence-corrected chi connectivity index (χ1v) is 10.1. The van der Waals surface area contributed by atoms with Gasteiger partial charge in [-0.2, -0.15) is 0 Å². The molecule has 0 saturated carbocycles. The van der Waals surface area contributed by atoms with Gasteiger partial charge in [-0.15, -0.1) is 0 Å². The standard InChI is InChI=1S/C28H25BO3/c1-27(2)28(3,4)32-29(31-27)24-16-20(15-19-9-5-6-10-21(19)24)18-13-14-23-22-11-7-8-12-25(22)30-26(23)17-18/h5-17H,1-4H3/i5D,6D,7D,8D,9D,10D,11D,12D,13D,14D,15D,16D,17D. The molecule has 0 unspecified atom stereocenters. The average molecular weight is 433 g/mol. The van der Waals surface area contributed by atoms with E-state index in [0.29, 0.717) is 0 Å². The predicted octanol–water partition coefficient (Wildman–Crippen LogP) is 6.71. The fourth-order valence-corrected chi connectivity index (χ4v) is 3.65. The zero-order valence-corrected chi connectivity index (χ0v) is 17.8. The molecule has 158 valence electrons.